The fraction of sp³-hybridized carbons (Fsp3) is 0.394. The number of hydrogen-bond acceptors (Lipinski definition) is 7. The summed E-state index contributed by atoms with van der Waals surface area (Å²) in [5.74, 6) is 0.319. The Morgan fingerprint density at radius 2 is 1.33 bits per heavy atom. The number of non-ortho nitro benzene ring substituents is 1. The molecule has 0 bridgehead atoms. The van der Waals surface area contributed by atoms with Crippen molar-refractivity contribution in [2.24, 2.45) is 0 Å². The fourth-order valence-corrected chi connectivity index (χ4v) is 4.37. The van der Waals surface area contributed by atoms with Crippen LogP contribution < -0.4 is 33.5 Å². The van der Waals surface area contributed by atoms with Crippen LogP contribution in [0.3, 0.4) is 0 Å². The molecule has 0 radical (unpaired) electrons. The Bertz CT molecular complexity index is 1280. The average Bonchev–Trinajstić information content (AvgIpc) is 2.97. The molecule has 0 aliphatic rings. The van der Waals surface area contributed by atoms with Crippen LogP contribution in [0, 0.1) is 10.1 Å². The zero-order valence-corrected chi connectivity index (χ0v) is 27.2. The van der Waals surface area contributed by atoms with Crippen molar-refractivity contribution in [1.29, 1.82) is 0 Å². The van der Waals surface area contributed by atoms with Crippen LogP contribution >= 0.6 is 0 Å². The molecule has 0 heterocycles. The first-order chi connectivity index (χ1) is 20.1. The highest BCUT2D eigenvalue weighted by Gasteiger charge is 2.33. The van der Waals surface area contributed by atoms with E-state index in [9.17, 15) is 19.7 Å². The SMILES string of the molecule is C[N+](C)(C)C(Cc1ccccc1)C(=O)OCCCCCCCCOc1ccc(OC(=O)c2ccc([N+](=O)[O-])cc2)cc1.[I-]. The number of likely N-dealkylation sites (N-methyl/N-ethyl adjacent to an activating group) is 1. The second kappa shape index (κ2) is 18.2. The number of unbranched alkanes of at least 4 members (excludes halogenated alkanes) is 5. The van der Waals surface area contributed by atoms with E-state index < -0.39 is 10.9 Å². The van der Waals surface area contributed by atoms with Crippen molar-refractivity contribution >= 4 is 17.6 Å². The highest BCUT2D eigenvalue weighted by atomic mass is 127. The van der Waals surface area contributed by atoms with Gasteiger partial charge in [0.25, 0.3) is 5.69 Å². The molecule has 0 saturated carbocycles. The second-order valence-electron chi connectivity index (χ2n) is 11.1. The van der Waals surface area contributed by atoms with Crippen LogP contribution in [0.15, 0.2) is 78.9 Å². The van der Waals surface area contributed by atoms with Crippen molar-refractivity contribution in [3.05, 3.63) is 100 Å². The first-order valence-electron chi connectivity index (χ1n) is 14.3. The van der Waals surface area contributed by atoms with E-state index in [4.69, 9.17) is 14.2 Å². The molecule has 3 rings (SSSR count). The number of nitro groups is 1. The van der Waals surface area contributed by atoms with Crippen LogP contribution in [0.4, 0.5) is 5.69 Å². The summed E-state index contributed by atoms with van der Waals surface area (Å²) in [6.45, 7) is 1.04. The molecule has 3 aromatic rings. The van der Waals surface area contributed by atoms with Crippen molar-refractivity contribution in [2.45, 2.75) is 51.0 Å². The van der Waals surface area contributed by atoms with E-state index in [1.54, 1.807) is 24.3 Å². The van der Waals surface area contributed by atoms with Gasteiger partial charge in [-0.1, -0.05) is 56.0 Å². The first kappa shape index (κ1) is 35.7. The number of quaternary nitrogens is 1. The van der Waals surface area contributed by atoms with Gasteiger partial charge < -0.3 is 42.7 Å². The zero-order chi connectivity index (χ0) is 30.4. The predicted octanol–water partition coefficient (Wildman–Crippen LogP) is 3.40. The minimum absolute atomic E-state index is 0. The quantitative estimate of drug-likeness (QED) is 0.0404. The van der Waals surface area contributed by atoms with Crippen molar-refractivity contribution in [3.63, 3.8) is 0 Å². The van der Waals surface area contributed by atoms with Crippen molar-refractivity contribution in [3.8, 4) is 11.5 Å². The number of benzene rings is 3. The maximum atomic E-state index is 12.8. The molecule has 1 atom stereocenters. The number of nitrogens with zero attached hydrogens (tertiary/aromatic N) is 2. The fourth-order valence-electron chi connectivity index (χ4n) is 4.37. The molecule has 0 amide bonds. The summed E-state index contributed by atoms with van der Waals surface area (Å²) in [6.07, 6.45) is 6.68. The van der Waals surface area contributed by atoms with E-state index in [1.807, 2.05) is 51.5 Å². The molecular weight excluding hydrogens is 663 g/mol. The third kappa shape index (κ3) is 12.7. The van der Waals surface area contributed by atoms with Crippen LogP contribution in [0.25, 0.3) is 0 Å². The molecule has 0 aliphatic carbocycles. The molecule has 0 N–H and O–H groups in total. The molecule has 232 valence electrons. The average molecular weight is 705 g/mol. The minimum atomic E-state index is -0.590. The van der Waals surface area contributed by atoms with Crippen molar-refractivity contribution < 1.29 is 57.2 Å². The van der Waals surface area contributed by atoms with Crippen LogP contribution in [-0.2, 0) is 16.0 Å². The Morgan fingerprint density at radius 3 is 1.91 bits per heavy atom. The van der Waals surface area contributed by atoms with Gasteiger partial charge in [-0.25, -0.2) is 9.59 Å². The minimum Gasteiger partial charge on any atom is -1.00 e. The Kier molecular flexibility index (Phi) is 15.1. The third-order valence-corrected chi connectivity index (χ3v) is 6.88. The number of hydrogen-bond donors (Lipinski definition) is 0. The molecule has 0 aromatic heterocycles. The molecular formula is C33H41IN2O7. The lowest BCUT2D eigenvalue weighted by Gasteiger charge is -2.32. The van der Waals surface area contributed by atoms with Gasteiger partial charge >= 0.3 is 11.9 Å². The summed E-state index contributed by atoms with van der Waals surface area (Å²) in [7, 11) is 6.07. The van der Waals surface area contributed by atoms with E-state index in [1.165, 1.54) is 24.3 Å². The van der Waals surface area contributed by atoms with Gasteiger partial charge in [-0.05, 0) is 54.8 Å². The summed E-state index contributed by atoms with van der Waals surface area (Å²) in [6, 6.07) is 21.8. The van der Waals surface area contributed by atoms with Gasteiger partial charge in [-0.3, -0.25) is 10.1 Å². The highest BCUT2D eigenvalue weighted by Crippen LogP contribution is 2.20. The van der Waals surface area contributed by atoms with Gasteiger partial charge in [0.1, 0.15) is 11.5 Å². The summed E-state index contributed by atoms with van der Waals surface area (Å²) in [5, 5.41) is 10.7. The first-order valence-corrected chi connectivity index (χ1v) is 14.3. The molecule has 43 heavy (non-hydrogen) atoms. The van der Waals surface area contributed by atoms with E-state index >= 15 is 0 Å². The number of nitro benzene ring substituents is 1. The van der Waals surface area contributed by atoms with E-state index in [0.717, 1.165) is 44.1 Å². The Hall–Kier alpha value is -3.51. The summed E-state index contributed by atoms with van der Waals surface area (Å²) >= 11 is 0. The summed E-state index contributed by atoms with van der Waals surface area (Å²) < 4.78 is 17.3. The number of halogens is 1. The van der Waals surface area contributed by atoms with Crippen molar-refractivity contribution in [1.82, 2.24) is 0 Å². The number of rotatable bonds is 17. The summed E-state index contributed by atoms with van der Waals surface area (Å²) in [4.78, 5) is 35.2. The molecule has 0 spiro atoms. The van der Waals surface area contributed by atoms with E-state index in [-0.39, 0.29) is 47.2 Å². The molecule has 0 saturated heterocycles. The smallest absolute Gasteiger partial charge is 0.365 e. The number of ether oxygens (including phenoxy) is 3. The van der Waals surface area contributed by atoms with Crippen LogP contribution in [0.5, 0.6) is 11.5 Å². The molecule has 3 aromatic carbocycles. The molecule has 9 nitrogen and oxygen atoms in total. The Labute approximate surface area is 270 Å². The lowest BCUT2D eigenvalue weighted by molar-refractivity contribution is -0.887. The van der Waals surface area contributed by atoms with Gasteiger partial charge in [-0.2, -0.15) is 0 Å². The number of carbonyl (C=O) groups is 2. The summed E-state index contributed by atoms with van der Waals surface area (Å²) in [5.41, 5.74) is 1.28. The van der Waals surface area contributed by atoms with Crippen molar-refractivity contribution in [2.75, 3.05) is 34.4 Å². The number of esters is 2. The Morgan fingerprint density at radius 1 is 0.767 bits per heavy atom. The van der Waals surface area contributed by atoms with Crippen LogP contribution in [-0.4, -0.2) is 61.7 Å². The third-order valence-electron chi connectivity index (χ3n) is 6.88. The van der Waals surface area contributed by atoms with Gasteiger partial charge in [0.2, 0.25) is 0 Å². The monoisotopic (exact) mass is 704 g/mol. The zero-order valence-electron chi connectivity index (χ0n) is 25.1. The second-order valence-corrected chi connectivity index (χ2v) is 11.1. The van der Waals surface area contributed by atoms with Crippen LogP contribution in [0.1, 0.15) is 54.4 Å². The molecule has 0 fully saturated rings. The number of carbonyl (C=O) groups excluding carboxylic acids is 2. The van der Waals surface area contributed by atoms with Gasteiger partial charge in [0.15, 0.2) is 6.04 Å². The van der Waals surface area contributed by atoms with Gasteiger partial charge in [-0.15, -0.1) is 0 Å². The Balaban J connectivity index is 0.00000645. The molecule has 10 heteroatoms. The lowest BCUT2D eigenvalue weighted by Crippen LogP contribution is -3.00. The molecule has 1 unspecified atom stereocenters. The van der Waals surface area contributed by atoms with Crippen LogP contribution in [0.2, 0.25) is 0 Å². The lowest BCUT2D eigenvalue weighted by atomic mass is 10.0. The molecule has 0 aliphatic heterocycles. The maximum absolute atomic E-state index is 12.8. The van der Waals surface area contributed by atoms with Gasteiger partial charge in [0, 0.05) is 18.6 Å². The standard InChI is InChI=1S/C33H41N2O7.HI/c1-35(2,3)31(25-26-13-9-8-10-14-26)33(37)41-24-12-7-5-4-6-11-23-40-29-19-21-30(22-20-29)42-32(36)27-15-17-28(18-16-27)34(38)39;/h8-10,13-22,31H,4-7,11-12,23-25H2,1-3H3;1H/q+1;/p-1. The largest absolute Gasteiger partial charge is 1.00 e. The van der Waals surface area contributed by atoms with E-state index in [2.05, 4.69) is 0 Å². The van der Waals surface area contributed by atoms with E-state index in [0.29, 0.717) is 35.6 Å². The van der Waals surface area contributed by atoms with Gasteiger partial charge in [0.05, 0.1) is 44.8 Å². The highest BCUT2D eigenvalue weighted by molar-refractivity contribution is 5.91. The topological polar surface area (TPSA) is 105 Å². The predicted molar refractivity (Wildman–Crippen MR) is 161 cm³/mol. The normalized spacial score (nSPS) is 11.6. The maximum Gasteiger partial charge on any atom is 0.365 e.